The summed E-state index contributed by atoms with van der Waals surface area (Å²) in [5.41, 5.74) is 4.07. The second kappa shape index (κ2) is 6.11. The highest BCUT2D eigenvalue weighted by Gasteiger charge is 2.13. The lowest BCUT2D eigenvalue weighted by molar-refractivity contribution is 0.0594. The molecule has 0 spiro atoms. The maximum Gasteiger partial charge on any atom is 0.354 e. The normalized spacial score (nSPS) is 10.6. The third-order valence-corrected chi connectivity index (χ3v) is 3.92. The number of aromatic nitrogens is 1. The third kappa shape index (κ3) is 3.68. The monoisotopic (exact) mass is 324 g/mol. The number of carbonyl (C=O) groups is 1. The van der Waals surface area contributed by atoms with Crippen LogP contribution in [-0.4, -0.2) is 26.1 Å². The van der Waals surface area contributed by atoms with Gasteiger partial charge in [0.05, 0.1) is 18.2 Å². The summed E-state index contributed by atoms with van der Waals surface area (Å²) >= 11 is 0. The Labute approximate surface area is 134 Å². The van der Waals surface area contributed by atoms with Gasteiger partial charge in [-0.2, -0.15) is 5.26 Å². The summed E-state index contributed by atoms with van der Waals surface area (Å²) in [5.74, 6) is 2.39. The number of nitrogens with zero attached hydrogens (tertiary/aromatic N) is 1. The first-order chi connectivity index (χ1) is 10.7. The lowest BCUT2D eigenvalue weighted by Crippen LogP contribution is -2.16. The molecule has 0 saturated heterocycles. The van der Waals surface area contributed by atoms with Crippen molar-refractivity contribution in [3.8, 4) is 17.5 Å². The number of ether oxygens (including phenoxy) is 1. The van der Waals surface area contributed by atoms with E-state index in [1.165, 1.54) is 13.2 Å². The molecule has 116 valence electrons. The number of pyridine rings is 1. The number of fused-ring (bicyclic) bond motifs is 1. The molecule has 0 fully saturated rings. The first-order valence-electron chi connectivity index (χ1n) is 6.98. The largest absolute Gasteiger partial charge is 0.464 e. The fourth-order valence-electron chi connectivity index (χ4n) is 1.99. The number of carbonyl (C=O) groups excluding carboxylic acids is 1. The van der Waals surface area contributed by atoms with Crippen molar-refractivity contribution in [2.75, 3.05) is 7.11 Å². The molecule has 0 aliphatic carbocycles. The van der Waals surface area contributed by atoms with Crippen LogP contribution in [0.25, 0.3) is 10.9 Å². The van der Waals surface area contributed by atoms with Crippen molar-refractivity contribution >= 4 is 24.9 Å². The van der Waals surface area contributed by atoms with Crippen LogP contribution < -0.4 is 5.43 Å². The summed E-state index contributed by atoms with van der Waals surface area (Å²) in [6, 6.07) is 6.47. The van der Waals surface area contributed by atoms with Crippen molar-refractivity contribution in [2.24, 2.45) is 0 Å². The molecular formula is C17H16N2O3Si. The zero-order valence-corrected chi connectivity index (χ0v) is 14.4. The highest BCUT2D eigenvalue weighted by atomic mass is 28.3. The summed E-state index contributed by atoms with van der Waals surface area (Å²) in [5, 5.41) is 9.67. The molecule has 0 aliphatic rings. The molecule has 1 aromatic carbocycles. The number of nitrogens with one attached hydrogen (secondary N) is 1. The van der Waals surface area contributed by atoms with Gasteiger partial charge in [-0.1, -0.05) is 25.6 Å². The van der Waals surface area contributed by atoms with Crippen molar-refractivity contribution in [1.29, 1.82) is 5.26 Å². The predicted octanol–water partition coefficient (Wildman–Crippen LogP) is 2.42. The van der Waals surface area contributed by atoms with Gasteiger partial charge in [0.1, 0.15) is 19.8 Å². The Morgan fingerprint density at radius 1 is 1.26 bits per heavy atom. The third-order valence-electron chi connectivity index (χ3n) is 3.05. The Hall–Kier alpha value is -2.83. The second-order valence-corrected chi connectivity index (χ2v) is 10.8. The van der Waals surface area contributed by atoms with Gasteiger partial charge in [0.25, 0.3) is 0 Å². The van der Waals surface area contributed by atoms with Gasteiger partial charge in [-0.25, -0.2) is 4.79 Å². The highest BCUT2D eigenvalue weighted by molar-refractivity contribution is 6.83. The molecule has 0 unspecified atom stereocenters. The van der Waals surface area contributed by atoms with Gasteiger partial charge < -0.3 is 9.72 Å². The van der Waals surface area contributed by atoms with Gasteiger partial charge >= 0.3 is 5.97 Å². The van der Waals surface area contributed by atoms with Crippen LogP contribution in [0, 0.1) is 22.8 Å². The van der Waals surface area contributed by atoms with E-state index in [0.29, 0.717) is 16.5 Å². The van der Waals surface area contributed by atoms with Crippen LogP contribution in [0.15, 0.2) is 23.0 Å². The molecule has 5 nitrogen and oxygen atoms in total. The quantitative estimate of drug-likeness (QED) is 0.496. The van der Waals surface area contributed by atoms with E-state index in [0.717, 1.165) is 0 Å². The maximum absolute atomic E-state index is 12.3. The zero-order valence-electron chi connectivity index (χ0n) is 13.4. The topological polar surface area (TPSA) is 82.9 Å². The number of hydrogen-bond donors (Lipinski definition) is 1. The fraction of sp³-hybridized carbons (Fsp3) is 0.235. The van der Waals surface area contributed by atoms with Crippen molar-refractivity contribution in [3.63, 3.8) is 0 Å². The van der Waals surface area contributed by atoms with Crippen LogP contribution in [0.2, 0.25) is 19.6 Å². The summed E-state index contributed by atoms with van der Waals surface area (Å²) < 4.78 is 4.60. The van der Waals surface area contributed by atoms with E-state index < -0.39 is 14.0 Å². The molecule has 0 amide bonds. The average Bonchev–Trinajstić information content (AvgIpc) is 2.50. The van der Waals surface area contributed by atoms with Crippen LogP contribution in [0.4, 0.5) is 0 Å². The van der Waals surface area contributed by atoms with Gasteiger partial charge in [-0.3, -0.25) is 4.79 Å². The van der Waals surface area contributed by atoms with Crippen LogP contribution >= 0.6 is 0 Å². The van der Waals surface area contributed by atoms with E-state index in [-0.39, 0.29) is 16.7 Å². The zero-order chi connectivity index (χ0) is 17.2. The maximum atomic E-state index is 12.3. The van der Waals surface area contributed by atoms with E-state index in [1.807, 2.05) is 6.07 Å². The molecule has 1 heterocycles. The Kier molecular flexibility index (Phi) is 4.40. The van der Waals surface area contributed by atoms with Crippen molar-refractivity contribution in [2.45, 2.75) is 19.6 Å². The summed E-state index contributed by atoms with van der Waals surface area (Å²) in [4.78, 5) is 26.7. The smallest absolute Gasteiger partial charge is 0.354 e. The van der Waals surface area contributed by atoms with E-state index in [4.69, 9.17) is 0 Å². The van der Waals surface area contributed by atoms with Crippen LogP contribution in [0.3, 0.4) is 0 Å². The first-order valence-corrected chi connectivity index (χ1v) is 10.5. The van der Waals surface area contributed by atoms with Crippen molar-refractivity contribution in [1.82, 2.24) is 4.98 Å². The molecule has 1 aromatic heterocycles. The van der Waals surface area contributed by atoms with E-state index in [2.05, 4.69) is 40.8 Å². The minimum atomic E-state index is -1.57. The molecule has 0 radical (unpaired) electrons. The lowest BCUT2D eigenvalue weighted by Gasteiger charge is -2.06. The molecule has 0 saturated carbocycles. The number of hydrogen-bond acceptors (Lipinski definition) is 4. The molecule has 6 heteroatoms. The van der Waals surface area contributed by atoms with Crippen molar-refractivity contribution in [3.05, 3.63) is 45.2 Å². The number of H-pyrrole nitrogens is 1. The molecule has 1 N–H and O–H groups in total. The Morgan fingerprint density at radius 3 is 2.52 bits per heavy atom. The highest BCUT2D eigenvalue weighted by Crippen LogP contribution is 2.17. The molecule has 23 heavy (non-hydrogen) atoms. The number of benzene rings is 1. The number of esters is 1. The fourth-order valence-corrected chi connectivity index (χ4v) is 2.51. The van der Waals surface area contributed by atoms with Crippen LogP contribution in [-0.2, 0) is 4.74 Å². The van der Waals surface area contributed by atoms with Gasteiger partial charge in [0.2, 0.25) is 0 Å². The average molecular weight is 324 g/mol. The molecule has 0 bridgehead atoms. The summed E-state index contributed by atoms with van der Waals surface area (Å²) in [6.07, 6.45) is 0. The molecule has 0 aliphatic heterocycles. The number of rotatable bonds is 1. The molecule has 0 atom stereocenters. The molecular weight excluding hydrogens is 308 g/mol. The van der Waals surface area contributed by atoms with E-state index in [9.17, 15) is 14.9 Å². The first kappa shape index (κ1) is 16.5. The molecule has 2 aromatic rings. The Balaban J connectivity index is 2.75. The van der Waals surface area contributed by atoms with Gasteiger partial charge in [0, 0.05) is 17.0 Å². The number of aromatic amines is 1. The van der Waals surface area contributed by atoms with Crippen molar-refractivity contribution < 1.29 is 9.53 Å². The van der Waals surface area contributed by atoms with Crippen LogP contribution in [0.1, 0.15) is 21.6 Å². The van der Waals surface area contributed by atoms with Crippen LogP contribution in [0.5, 0.6) is 0 Å². The molecule has 2 rings (SSSR count). The number of nitriles is 1. The summed E-state index contributed by atoms with van der Waals surface area (Å²) in [7, 11) is -0.341. The van der Waals surface area contributed by atoms with E-state index >= 15 is 0 Å². The van der Waals surface area contributed by atoms with Gasteiger partial charge in [-0.05, 0) is 12.1 Å². The second-order valence-electron chi connectivity index (χ2n) is 6.10. The standard InChI is InChI=1S/C17H16N2O3Si/c1-22-17(21)14-9-15(20)13-8-11(5-6-23(2,3)4)7-12(10-18)16(13)19-14/h7-9H,1-4H3,(H,19,20). The minimum absolute atomic E-state index is 0.0161. The SMILES string of the molecule is COC(=O)c1cc(=O)c2cc(C#C[Si](C)(C)C)cc(C#N)c2[nH]1. The Morgan fingerprint density at radius 2 is 1.96 bits per heavy atom. The summed E-state index contributed by atoms with van der Waals surface area (Å²) in [6.45, 7) is 6.34. The predicted molar refractivity (Wildman–Crippen MR) is 90.8 cm³/mol. The van der Waals surface area contributed by atoms with Gasteiger partial charge in [0.15, 0.2) is 5.43 Å². The minimum Gasteiger partial charge on any atom is -0.464 e. The van der Waals surface area contributed by atoms with Gasteiger partial charge in [-0.15, -0.1) is 5.54 Å². The number of methoxy groups -OCH3 is 1. The lowest BCUT2D eigenvalue weighted by atomic mass is 10.1. The van der Waals surface area contributed by atoms with E-state index in [1.54, 1.807) is 12.1 Å². The Bertz CT molecular complexity index is 950.